The fourth-order valence-electron chi connectivity index (χ4n) is 4.61. The van der Waals surface area contributed by atoms with E-state index in [0.717, 1.165) is 93.7 Å². The van der Waals surface area contributed by atoms with Crippen LogP contribution < -0.4 is 16.7 Å². The molecule has 0 aliphatic rings. The van der Waals surface area contributed by atoms with Crippen molar-refractivity contribution in [1.82, 2.24) is 29.9 Å². The quantitative estimate of drug-likeness (QED) is 0.255. The summed E-state index contributed by atoms with van der Waals surface area (Å²) in [6.07, 6.45) is 12.8. The summed E-state index contributed by atoms with van der Waals surface area (Å²) in [7, 11) is -0.996. The maximum absolute atomic E-state index is 5.19. The molecule has 3 heterocycles. The third-order valence-corrected chi connectivity index (χ3v) is 8.06. The summed E-state index contributed by atoms with van der Waals surface area (Å²) in [5.74, 6) is 0. The molecular weight excluding hydrogens is 439 g/mol. The summed E-state index contributed by atoms with van der Waals surface area (Å²) in [6, 6.07) is 0. The Bertz CT molecular complexity index is 815. The molecule has 3 aromatic heterocycles. The van der Waals surface area contributed by atoms with E-state index in [4.69, 9.17) is 15.0 Å². The lowest BCUT2D eigenvalue weighted by Gasteiger charge is -2.10. The number of imidazole rings is 3. The van der Waals surface area contributed by atoms with Crippen LogP contribution in [0.4, 0.5) is 0 Å². The normalized spacial score (nSPS) is 11.7. The van der Waals surface area contributed by atoms with Crippen molar-refractivity contribution in [1.29, 1.82) is 0 Å². The molecule has 0 unspecified atom stereocenters. The molecule has 3 N–H and O–H groups in total. The number of aromatic amines is 3. The zero-order valence-corrected chi connectivity index (χ0v) is 23.2. The number of aryl methyl sites for hydroxylation is 6. The average Bonchev–Trinajstić information content (AvgIpc) is 3.50. The molecule has 3 aromatic rings. The maximum Gasteiger partial charge on any atom is 0.144 e. The Morgan fingerprint density at radius 3 is 0.941 bits per heavy atom. The molecule has 0 amide bonds. The number of hydrogen-bond donors (Lipinski definition) is 3. The third kappa shape index (κ3) is 6.19. The Kier molecular flexibility index (Phi) is 10.4. The molecule has 188 valence electrons. The van der Waals surface area contributed by atoms with E-state index in [2.05, 4.69) is 56.5 Å². The summed E-state index contributed by atoms with van der Waals surface area (Å²) in [5, 5.41) is 0. The van der Waals surface area contributed by atoms with Gasteiger partial charge in [-0.2, -0.15) is 0 Å². The first-order valence-corrected chi connectivity index (χ1v) is 15.0. The van der Waals surface area contributed by atoms with Crippen molar-refractivity contribution < 1.29 is 0 Å². The molecule has 0 aromatic carbocycles. The van der Waals surface area contributed by atoms with E-state index in [-0.39, 0.29) is 0 Å². The van der Waals surface area contributed by atoms with Gasteiger partial charge in [0.15, 0.2) is 0 Å². The van der Waals surface area contributed by atoms with Crippen LogP contribution in [0.3, 0.4) is 0 Å². The van der Waals surface area contributed by atoms with E-state index >= 15 is 0 Å². The van der Waals surface area contributed by atoms with Gasteiger partial charge in [0.1, 0.15) is 24.6 Å². The molecular formula is C27H45N6P. The molecule has 34 heavy (non-hydrogen) atoms. The molecule has 0 aliphatic heterocycles. The highest BCUT2D eigenvalue weighted by Gasteiger charge is 2.29. The van der Waals surface area contributed by atoms with E-state index in [9.17, 15) is 0 Å². The Labute approximate surface area is 207 Å². The summed E-state index contributed by atoms with van der Waals surface area (Å²) in [6.45, 7) is 13.4. The van der Waals surface area contributed by atoms with E-state index in [1.54, 1.807) is 0 Å². The summed E-state index contributed by atoms with van der Waals surface area (Å²) in [4.78, 5) is 26.8. The van der Waals surface area contributed by atoms with Gasteiger partial charge in [-0.1, -0.05) is 80.1 Å². The first kappa shape index (κ1) is 26.7. The topological polar surface area (TPSA) is 86.0 Å². The van der Waals surface area contributed by atoms with Gasteiger partial charge in [0.25, 0.3) is 0 Å². The summed E-state index contributed by atoms with van der Waals surface area (Å²) >= 11 is 0. The van der Waals surface area contributed by atoms with Crippen molar-refractivity contribution in [3.8, 4) is 0 Å². The van der Waals surface area contributed by atoms with Gasteiger partial charge in [0.05, 0.1) is 17.1 Å². The first-order chi connectivity index (χ1) is 16.6. The Balaban J connectivity index is 2.16. The van der Waals surface area contributed by atoms with Crippen molar-refractivity contribution >= 4 is 24.6 Å². The van der Waals surface area contributed by atoms with Crippen molar-refractivity contribution in [2.75, 3.05) is 0 Å². The van der Waals surface area contributed by atoms with Crippen molar-refractivity contribution in [3.63, 3.8) is 0 Å². The van der Waals surface area contributed by atoms with Crippen LogP contribution in [-0.2, 0) is 38.5 Å². The number of hydrogen-bond acceptors (Lipinski definition) is 3. The standard InChI is InChI=1S/C27H45N6P/c1-7-13-19-20(14-8-2)29-25(28-19)34(26-30-21(15-9-3)22(31-26)16-10-4)27-32-23(17-11-5)24(33-27)18-12-6/h7-18H2,1-6H3,(H,28,29)(H,30,31)(H,32,33). The van der Waals surface area contributed by atoms with Crippen molar-refractivity contribution in [2.24, 2.45) is 0 Å². The summed E-state index contributed by atoms with van der Waals surface area (Å²) < 4.78 is 0. The second-order valence-corrected chi connectivity index (χ2v) is 11.2. The lowest BCUT2D eigenvalue weighted by atomic mass is 10.1. The zero-order valence-electron chi connectivity index (χ0n) is 22.3. The van der Waals surface area contributed by atoms with Gasteiger partial charge in [0.2, 0.25) is 0 Å². The fraction of sp³-hybridized carbons (Fsp3) is 0.667. The van der Waals surface area contributed by atoms with Gasteiger partial charge in [0, 0.05) is 17.1 Å². The second kappa shape index (κ2) is 13.2. The molecule has 7 heteroatoms. The van der Waals surface area contributed by atoms with Crippen LogP contribution in [0.15, 0.2) is 0 Å². The largest absolute Gasteiger partial charge is 0.341 e. The van der Waals surface area contributed by atoms with Crippen LogP contribution in [0.5, 0.6) is 0 Å². The fourth-order valence-corrected chi connectivity index (χ4v) is 6.62. The molecule has 0 fully saturated rings. The molecule has 0 saturated heterocycles. The van der Waals surface area contributed by atoms with Crippen LogP contribution in [0.2, 0.25) is 0 Å². The Hall–Kier alpha value is -1.94. The molecule has 0 saturated carbocycles. The highest BCUT2D eigenvalue weighted by Crippen LogP contribution is 2.31. The molecule has 0 radical (unpaired) electrons. The number of aromatic nitrogens is 6. The van der Waals surface area contributed by atoms with Gasteiger partial charge >= 0.3 is 0 Å². The minimum Gasteiger partial charge on any atom is -0.341 e. The zero-order chi connectivity index (χ0) is 24.5. The van der Waals surface area contributed by atoms with E-state index in [1.165, 1.54) is 34.2 Å². The van der Waals surface area contributed by atoms with E-state index in [1.807, 2.05) is 0 Å². The molecule has 0 aliphatic carbocycles. The number of nitrogens with one attached hydrogen (secondary N) is 3. The number of rotatable bonds is 15. The predicted molar refractivity (Wildman–Crippen MR) is 146 cm³/mol. The Morgan fingerprint density at radius 1 is 0.441 bits per heavy atom. The van der Waals surface area contributed by atoms with E-state index in [0.29, 0.717) is 0 Å². The van der Waals surface area contributed by atoms with Gasteiger partial charge in [-0.15, -0.1) is 0 Å². The lowest BCUT2D eigenvalue weighted by molar-refractivity contribution is 0.831. The monoisotopic (exact) mass is 484 g/mol. The smallest absolute Gasteiger partial charge is 0.144 e. The van der Waals surface area contributed by atoms with Crippen molar-refractivity contribution in [2.45, 2.75) is 119 Å². The van der Waals surface area contributed by atoms with Crippen LogP contribution in [0.25, 0.3) is 0 Å². The average molecular weight is 485 g/mol. The van der Waals surface area contributed by atoms with Gasteiger partial charge in [-0.3, -0.25) is 0 Å². The minimum atomic E-state index is -0.996. The molecule has 0 atom stereocenters. The Morgan fingerprint density at radius 2 is 0.706 bits per heavy atom. The SMILES string of the molecule is CCCc1nc(P(c2nc(CCC)c(CCC)[nH]2)c2nc(CCC)c(CCC)[nH]2)[nH]c1CCC. The molecule has 6 nitrogen and oxygen atoms in total. The van der Waals surface area contributed by atoms with Gasteiger partial charge in [-0.05, 0) is 38.5 Å². The molecule has 0 spiro atoms. The van der Waals surface area contributed by atoms with Crippen LogP contribution >= 0.6 is 7.92 Å². The van der Waals surface area contributed by atoms with Gasteiger partial charge in [-0.25, -0.2) is 15.0 Å². The molecule has 3 rings (SSSR count). The molecule has 0 bridgehead atoms. The number of nitrogens with zero attached hydrogens (tertiary/aromatic N) is 3. The summed E-state index contributed by atoms with van der Waals surface area (Å²) in [5.41, 5.74) is 10.6. The number of H-pyrrole nitrogens is 3. The van der Waals surface area contributed by atoms with Gasteiger partial charge < -0.3 is 15.0 Å². The minimum absolute atomic E-state index is 0.996. The van der Waals surface area contributed by atoms with Crippen LogP contribution in [-0.4, -0.2) is 29.9 Å². The van der Waals surface area contributed by atoms with Crippen LogP contribution in [0.1, 0.15) is 114 Å². The van der Waals surface area contributed by atoms with Crippen LogP contribution in [0, 0.1) is 0 Å². The third-order valence-electron chi connectivity index (χ3n) is 6.15. The highest BCUT2D eigenvalue weighted by molar-refractivity contribution is 7.78. The highest BCUT2D eigenvalue weighted by atomic mass is 31.1. The van der Waals surface area contributed by atoms with Crippen molar-refractivity contribution in [3.05, 3.63) is 34.2 Å². The van der Waals surface area contributed by atoms with E-state index < -0.39 is 7.92 Å². The predicted octanol–water partition coefficient (Wildman–Crippen LogP) is 5.33. The first-order valence-electron chi connectivity index (χ1n) is 13.6. The maximum atomic E-state index is 5.19. The second-order valence-electron chi connectivity index (χ2n) is 9.29. The lowest BCUT2D eigenvalue weighted by Crippen LogP contribution is -2.28.